The highest BCUT2D eigenvalue weighted by Crippen LogP contribution is 2.14. The van der Waals surface area contributed by atoms with Crippen LogP contribution in [-0.2, 0) is 7.05 Å². The molecule has 0 aliphatic carbocycles. The van der Waals surface area contributed by atoms with E-state index >= 15 is 0 Å². The molecule has 0 atom stereocenters. The summed E-state index contributed by atoms with van der Waals surface area (Å²) in [5.41, 5.74) is -0.163. The molecular weight excluding hydrogens is 309 g/mol. The molecule has 0 aromatic carbocycles. The van der Waals surface area contributed by atoms with Crippen LogP contribution in [0.4, 0.5) is 11.6 Å². The maximum absolute atomic E-state index is 11.3. The lowest BCUT2D eigenvalue weighted by Gasteiger charge is -2.02. The molecule has 0 radical (unpaired) electrons. The van der Waals surface area contributed by atoms with E-state index in [4.69, 9.17) is 0 Å². The molecule has 2 heterocycles. The summed E-state index contributed by atoms with van der Waals surface area (Å²) in [6.45, 7) is 0. The second-order valence-electron chi connectivity index (χ2n) is 2.89. The molecule has 0 amide bonds. The molecule has 0 saturated carbocycles. The highest BCUT2D eigenvalue weighted by atomic mass is 127. The molecular formula is C8H8IN5O. The summed E-state index contributed by atoms with van der Waals surface area (Å²) in [6.07, 6.45) is 3.16. The maximum Gasteiger partial charge on any atom is 0.266 e. The zero-order chi connectivity index (χ0) is 10.8. The van der Waals surface area contributed by atoms with Crippen molar-refractivity contribution in [2.45, 2.75) is 0 Å². The second kappa shape index (κ2) is 4.01. The second-order valence-corrected chi connectivity index (χ2v) is 3.97. The molecule has 0 aliphatic heterocycles. The minimum absolute atomic E-state index is 0.163. The summed E-state index contributed by atoms with van der Waals surface area (Å²) in [7, 11) is 1.82. The number of aromatic nitrogens is 4. The van der Waals surface area contributed by atoms with E-state index in [-0.39, 0.29) is 5.56 Å². The average molecular weight is 317 g/mol. The standard InChI is InChI=1S/C8H8IN5O/c1-14-3-2-5(13-14)12-7-6(9)8(15)11-4-10-7/h2-4H,1H3,(H2,10,11,12,13,15). The minimum atomic E-state index is -0.163. The van der Waals surface area contributed by atoms with Gasteiger partial charge >= 0.3 is 0 Å². The molecule has 6 nitrogen and oxygen atoms in total. The molecule has 0 aliphatic rings. The van der Waals surface area contributed by atoms with Gasteiger partial charge in [-0.2, -0.15) is 5.10 Å². The van der Waals surface area contributed by atoms with Gasteiger partial charge in [0.25, 0.3) is 5.56 Å². The monoisotopic (exact) mass is 317 g/mol. The maximum atomic E-state index is 11.3. The molecule has 0 saturated heterocycles. The summed E-state index contributed by atoms with van der Waals surface area (Å²) in [5, 5.41) is 7.09. The number of nitrogens with zero attached hydrogens (tertiary/aromatic N) is 3. The lowest BCUT2D eigenvalue weighted by Crippen LogP contribution is -2.13. The number of hydrogen-bond acceptors (Lipinski definition) is 4. The third kappa shape index (κ3) is 2.17. The van der Waals surface area contributed by atoms with Gasteiger partial charge in [0.1, 0.15) is 3.57 Å². The smallest absolute Gasteiger partial charge is 0.266 e. The van der Waals surface area contributed by atoms with Crippen LogP contribution >= 0.6 is 22.6 Å². The number of rotatable bonds is 2. The number of hydrogen-bond donors (Lipinski definition) is 2. The predicted octanol–water partition coefficient (Wildman–Crippen LogP) is 0.852. The molecule has 15 heavy (non-hydrogen) atoms. The largest absolute Gasteiger partial charge is 0.322 e. The Morgan fingerprint density at radius 2 is 2.40 bits per heavy atom. The van der Waals surface area contributed by atoms with Gasteiger partial charge < -0.3 is 10.3 Å². The Kier molecular flexibility index (Phi) is 2.71. The third-order valence-electron chi connectivity index (χ3n) is 1.76. The van der Waals surface area contributed by atoms with Crippen molar-refractivity contribution in [3.05, 3.63) is 32.5 Å². The van der Waals surface area contributed by atoms with Crippen molar-refractivity contribution in [1.82, 2.24) is 19.7 Å². The number of aromatic amines is 1. The first-order valence-corrected chi connectivity index (χ1v) is 5.24. The summed E-state index contributed by atoms with van der Waals surface area (Å²) in [6, 6.07) is 1.80. The van der Waals surface area contributed by atoms with Gasteiger partial charge in [0.2, 0.25) is 0 Å². The van der Waals surface area contributed by atoms with Gasteiger partial charge in [-0.3, -0.25) is 9.48 Å². The summed E-state index contributed by atoms with van der Waals surface area (Å²) in [5.74, 6) is 1.17. The Hall–Kier alpha value is -1.38. The lowest BCUT2D eigenvalue weighted by molar-refractivity contribution is 0.771. The fourth-order valence-electron chi connectivity index (χ4n) is 1.07. The van der Waals surface area contributed by atoms with E-state index in [0.29, 0.717) is 15.2 Å². The normalized spacial score (nSPS) is 10.3. The first-order valence-electron chi connectivity index (χ1n) is 4.16. The van der Waals surface area contributed by atoms with Crippen LogP contribution in [0.25, 0.3) is 0 Å². The number of halogens is 1. The predicted molar refractivity (Wildman–Crippen MR) is 64.1 cm³/mol. The van der Waals surface area contributed by atoms with E-state index in [1.54, 1.807) is 10.7 Å². The zero-order valence-electron chi connectivity index (χ0n) is 7.86. The minimum Gasteiger partial charge on any atom is -0.322 e. The molecule has 0 bridgehead atoms. The first-order chi connectivity index (χ1) is 7.16. The Morgan fingerprint density at radius 3 is 3.07 bits per heavy atom. The van der Waals surface area contributed by atoms with E-state index in [9.17, 15) is 4.79 Å². The summed E-state index contributed by atoms with van der Waals surface area (Å²) in [4.78, 5) is 17.8. The van der Waals surface area contributed by atoms with Crippen LogP contribution in [0.3, 0.4) is 0 Å². The molecule has 0 spiro atoms. The molecule has 0 unspecified atom stereocenters. The Morgan fingerprint density at radius 1 is 1.60 bits per heavy atom. The van der Waals surface area contributed by atoms with Crippen molar-refractivity contribution in [2.75, 3.05) is 5.32 Å². The molecule has 78 valence electrons. The SMILES string of the molecule is Cn1ccc(Nc2nc[nH]c(=O)c2I)n1. The number of H-pyrrole nitrogens is 1. The fraction of sp³-hybridized carbons (Fsp3) is 0.125. The molecule has 0 fully saturated rings. The highest BCUT2D eigenvalue weighted by molar-refractivity contribution is 14.1. The number of nitrogens with one attached hydrogen (secondary N) is 2. The third-order valence-corrected chi connectivity index (χ3v) is 2.76. The quantitative estimate of drug-likeness (QED) is 0.805. The van der Waals surface area contributed by atoms with Crippen LogP contribution in [0.1, 0.15) is 0 Å². The van der Waals surface area contributed by atoms with Crippen molar-refractivity contribution in [3.8, 4) is 0 Å². The van der Waals surface area contributed by atoms with Crippen LogP contribution in [0, 0.1) is 3.57 Å². The van der Waals surface area contributed by atoms with E-state index in [1.165, 1.54) is 6.33 Å². The van der Waals surface area contributed by atoms with Crippen molar-refractivity contribution >= 4 is 34.2 Å². The fourth-order valence-corrected chi connectivity index (χ4v) is 1.50. The molecule has 2 aromatic heterocycles. The zero-order valence-corrected chi connectivity index (χ0v) is 10.0. The molecule has 2 N–H and O–H groups in total. The van der Waals surface area contributed by atoms with E-state index in [0.717, 1.165) is 0 Å². The first kappa shape index (κ1) is 10.1. The number of anilines is 2. The van der Waals surface area contributed by atoms with Crippen molar-refractivity contribution in [2.24, 2.45) is 7.05 Å². The Bertz CT molecular complexity index is 532. The van der Waals surface area contributed by atoms with Crippen molar-refractivity contribution in [1.29, 1.82) is 0 Å². The van der Waals surface area contributed by atoms with Crippen LogP contribution in [0.2, 0.25) is 0 Å². The van der Waals surface area contributed by atoms with E-state index in [1.807, 2.05) is 35.8 Å². The van der Waals surface area contributed by atoms with Gasteiger partial charge in [-0.1, -0.05) is 0 Å². The average Bonchev–Trinajstić information content (AvgIpc) is 2.59. The van der Waals surface area contributed by atoms with Gasteiger partial charge in [-0.05, 0) is 22.6 Å². The highest BCUT2D eigenvalue weighted by Gasteiger charge is 2.06. The van der Waals surface area contributed by atoms with Gasteiger partial charge in [0.15, 0.2) is 11.6 Å². The molecule has 2 rings (SSSR count). The van der Waals surface area contributed by atoms with Crippen molar-refractivity contribution < 1.29 is 0 Å². The van der Waals surface area contributed by atoms with Gasteiger partial charge in [-0.25, -0.2) is 4.98 Å². The van der Waals surface area contributed by atoms with Gasteiger partial charge in [0.05, 0.1) is 6.33 Å². The van der Waals surface area contributed by atoms with Crippen molar-refractivity contribution in [3.63, 3.8) is 0 Å². The van der Waals surface area contributed by atoms with Crippen LogP contribution in [0.15, 0.2) is 23.4 Å². The van der Waals surface area contributed by atoms with E-state index < -0.39 is 0 Å². The summed E-state index contributed by atoms with van der Waals surface area (Å²) >= 11 is 1.94. The Balaban J connectivity index is 2.32. The van der Waals surface area contributed by atoms with E-state index in [2.05, 4.69) is 20.4 Å². The lowest BCUT2D eigenvalue weighted by atomic mass is 10.5. The summed E-state index contributed by atoms with van der Waals surface area (Å²) < 4.78 is 2.18. The van der Waals surface area contributed by atoms with Crippen LogP contribution in [0.5, 0.6) is 0 Å². The molecule has 7 heteroatoms. The van der Waals surface area contributed by atoms with Crippen LogP contribution in [-0.4, -0.2) is 19.7 Å². The Labute approximate surface area is 98.9 Å². The topological polar surface area (TPSA) is 75.6 Å². The van der Waals surface area contributed by atoms with Gasteiger partial charge in [0, 0.05) is 19.3 Å². The van der Waals surface area contributed by atoms with Crippen LogP contribution < -0.4 is 10.9 Å². The number of aryl methyl sites for hydroxylation is 1. The molecule has 2 aromatic rings. The van der Waals surface area contributed by atoms with Gasteiger partial charge in [-0.15, -0.1) is 0 Å².